The number of aromatic nitrogens is 2. The van der Waals surface area contributed by atoms with Gasteiger partial charge in [-0.05, 0) is 47.5 Å². The summed E-state index contributed by atoms with van der Waals surface area (Å²) in [7, 11) is 0. The predicted molar refractivity (Wildman–Crippen MR) is 88.8 cm³/mol. The third-order valence-corrected chi connectivity index (χ3v) is 4.80. The lowest BCUT2D eigenvalue weighted by Gasteiger charge is -2.09. The van der Waals surface area contributed by atoms with Crippen molar-refractivity contribution >= 4 is 38.1 Å². The first-order valence-electron chi connectivity index (χ1n) is 6.72. The number of aldehydes is 1. The number of rotatable bonds is 6. The molecule has 112 valence electrons. The molecule has 0 bridgehead atoms. The molecule has 0 amide bonds. The highest BCUT2D eigenvalue weighted by Crippen LogP contribution is 2.25. The maximum absolute atomic E-state index is 10.9. The summed E-state index contributed by atoms with van der Waals surface area (Å²) < 4.78 is 9.49. The SMILES string of the molecule is CCc1nn(CC)c(COc2ccc(Br)c(C=O)c2)c1Br. The Morgan fingerprint density at radius 2 is 2.10 bits per heavy atom. The normalized spacial score (nSPS) is 10.7. The molecule has 0 spiro atoms. The Kier molecular flexibility index (Phi) is 5.58. The fourth-order valence-electron chi connectivity index (χ4n) is 2.01. The van der Waals surface area contributed by atoms with Crippen molar-refractivity contribution in [3.63, 3.8) is 0 Å². The highest BCUT2D eigenvalue weighted by Gasteiger charge is 2.14. The monoisotopic (exact) mass is 414 g/mol. The minimum absolute atomic E-state index is 0.404. The van der Waals surface area contributed by atoms with E-state index in [1.165, 1.54) is 0 Å². The van der Waals surface area contributed by atoms with Crippen molar-refractivity contribution in [2.75, 3.05) is 0 Å². The van der Waals surface area contributed by atoms with Crippen molar-refractivity contribution in [2.24, 2.45) is 0 Å². The average Bonchev–Trinajstić information content (AvgIpc) is 2.82. The minimum Gasteiger partial charge on any atom is -0.487 e. The number of aryl methyl sites for hydroxylation is 2. The van der Waals surface area contributed by atoms with E-state index >= 15 is 0 Å². The molecule has 0 aliphatic carbocycles. The Morgan fingerprint density at radius 1 is 1.33 bits per heavy atom. The van der Waals surface area contributed by atoms with Gasteiger partial charge < -0.3 is 4.74 Å². The summed E-state index contributed by atoms with van der Waals surface area (Å²) in [6.07, 6.45) is 1.67. The van der Waals surface area contributed by atoms with Crippen molar-refractivity contribution in [1.29, 1.82) is 0 Å². The largest absolute Gasteiger partial charge is 0.487 e. The molecule has 0 radical (unpaired) electrons. The summed E-state index contributed by atoms with van der Waals surface area (Å²) in [5.74, 6) is 0.661. The molecule has 0 N–H and O–H groups in total. The lowest BCUT2D eigenvalue weighted by atomic mass is 10.2. The zero-order valence-corrected chi connectivity index (χ0v) is 15.1. The van der Waals surface area contributed by atoms with Crippen LogP contribution in [0.3, 0.4) is 0 Å². The van der Waals surface area contributed by atoms with E-state index < -0.39 is 0 Å². The van der Waals surface area contributed by atoms with Gasteiger partial charge in [0.15, 0.2) is 6.29 Å². The van der Waals surface area contributed by atoms with Gasteiger partial charge in [0.05, 0.1) is 15.9 Å². The van der Waals surface area contributed by atoms with Gasteiger partial charge in [-0.15, -0.1) is 0 Å². The lowest BCUT2D eigenvalue weighted by Crippen LogP contribution is -2.06. The Balaban J connectivity index is 2.20. The maximum Gasteiger partial charge on any atom is 0.151 e. The summed E-state index contributed by atoms with van der Waals surface area (Å²) in [6, 6.07) is 5.36. The second-order valence-electron chi connectivity index (χ2n) is 4.47. The Bertz CT molecular complexity index is 653. The van der Waals surface area contributed by atoms with Crippen molar-refractivity contribution in [3.8, 4) is 5.75 Å². The van der Waals surface area contributed by atoms with Gasteiger partial charge >= 0.3 is 0 Å². The topological polar surface area (TPSA) is 44.1 Å². The number of halogens is 2. The lowest BCUT2D eigenvalue weighted by molar-refractivity contribution is 0.112. The van der Waals surface area contributed by atoms with Crippen molar-refractivity contribution in [3.05, 3.63) is 44.1 Å². The van der Waals surface area contributed by atoms with Crippen LogP contribution in [-0.4, -0.2) is 16.1 Å². The number of hydrogen-bond acceptors (Lipinski definition) is 3. The van der Waals surface area contributed by atoms with Crippen molar-refractivity contribution in [2.45, 2.75) is 33.4 Å². The summed E-state index contributed by atoms with van der Waals surface area (Å²) in [5.41, 5.74) is 2.61. The summed E-state index contributed by atoms with van der Waals surface area (Å²) in [5, 5.41) is 4.53. The van der Waals surface area contributed by atoms with E-state index in [0.717, 1.165) is 39.6 Å². The molecule has 0 aliphatic rings. The highest BCUT2D eigenvalue weighted by molar-refractivity contribution is 9.10. The van der Waals surface area contributed by atoms with Crippen LogP contribution in [-0.2, 0) is 19.6 Å². The van der Waals surface area contributed by atoms with E-state index in [1.807, 2.05) is 23.7 Å². The Hall–Kier alpha value is -1.14. The predicted octanol–water partition coefficient (Wildman–Crippen LogP) is 4.38. The first-order chi connectivity index (χ1) is 10.1. The molecule has 0 saturated carbocycles. The molecule has 4 nitrogen and oxygen atoms in total. The molecule has 1 aromatic carbocycles. The molecule has 6 heteroatoms. The summed E-state index contributed by atoms with van der Waals surface area (Å²) in [4.78, 5) is 10.9. The van der Waals surface area contributed by atoms with Crippen LogP contribution in [0, 0.1) is 0 Å². The molecule has 0 unspecified atom stereocenters. The minimum atomic E-state index is 0.404. The number of carbonyl (C=O) groups excluding carboxylic acids is 1. The van der Waals surface area contributed by atoms with E-state index in [4.69, 9.17) is 4.74 Å². The molecule has 21 heavy (non-hydrogen) atoms. The molecule has 1 aromatic heterocycles. The summed E-state index contributed by atoms with van der Waals surface area (Å²) >= 11 is 6.91. The average molecular weight is 416 g/mol. The zero-order valence-electron chi connectivity index (χ0n) is 11.9. The smallest absolute Gasteiger partial charge is 0.151 e. The number of hydrogen-bond donors (Lipinski definition) is 0. The highest BCUT2D eigenvalue weighted by atomic mass is 79.9. The van der Waals surface area contributed by atoms with E-state index in [2.05, 4.69) is 43.9 Å². The second-order valence-corrected chi connectivity index (χ2v) is 6.11. The van der Waals surface area contributed by atoms with Crippen LogP contribution in [0.4, 0.5) is 0 Å². The Labute approximate surface area is 140 Å². The van der Waals surface area contributed by atoms with Crippen LogP contribution >= 0.6 is 31.9 Å². The summed E-state index contributed by atoms with van der Waals surface area (Å²) in [6.45, 7) is 5.31. The first kappa shape index (κ1) is 16.2. The van der Waals surface area contributed by atoms with E-state index in [0.29, 0.717) is 17.9 Å². The van der Waals surface area contributed by atoms with E-state index in [1.54, 1.807) is 6.07 Å². The zero-order chi connectivity index (χ0) is 15.4. The molecular formula is C15H16Br2N2O2. The van der Waals surface area contributed by atoms with Gasteiger partial charge in [-0.3, -0.25) is 9.48 Å². The maximum atomic E-state index is 10.9. The van der Waals surface area contributed by atoms with Gasteiger partial charge in [-0.1, -0.05) is 22.9 Å². The fraction of sp³-hybridized carbons (Fsp3) is 0.333. The molecule has 0 atom stereocenters. The second kappa shape index (κ2) is 7.22. The third-order valence-electron chi connectivity index (χ3n) is 3.16. The molecule has 0 saturated heterocycles. The Morgan fingerprint density at radius 3 is 2.71 bits per heavy atom. The molecule has 2 rings (SSSR count). The van der Waals surface area contributed by atoms with Crippen molar-refractivity contribution in [1.82, 2.24) is 9.78 Å². The van der Waals surface area contributed by atoms with Crippen LogP contribution in [0.15, 0.2) is 27.1 Å². The van der Waals surface area contributed by atoms with Crippen LogP contribution in [0.25, 0.3) is 0 Å². The first-order valence-corrected chi connectivity index (χ1v) is 8.30. The number of benzene rings is 1. The molecular weight excluding hydrogens is 400 g/mol. The number of nitrogens with zero attached hydrogens (tertiary/aromatic N) is 2. The number of carbonyl (C=O) groups is 1. The van der Waals surface area contributed by atoms with Gasteiger partial charge in [0.1, 0.15) is 12.4 Å². The van der Waals surface area contributed by atoms with Gasteiger partial charge in [-0.25, -0.2) is 0 Å². The van der Waals surface area contributed by atoms with Crippen LogP contribution < -0.4 is 4.74 Å². The third kappa shape index (κ3) is 3.55. The van der Waals surface area contributed by atoms with Gasteiger partial charge in [0.25, 0.3) is 0 Å². The van der Waals surface area contributed by atoms with Crippen LogP contribution in [0.5, 0.6) is 5.75 Å². The van der Waals surface area contributed by atoms with E-state index in [9.17, 15) is 4.79 Å². The van der Waals surface area contributed by atoms with Crippen LogP contribution in [0.2, 0.25) is 0 Å². The van der Waals surface area contributed by atoms with Gasteiger partial charge in [-0.2, -0.15) is 5.10 Å². The van der Waals surface area contributed by atoms with E-state index in [-0.39, 0.29) is 0 Å². The fourth-order valence-corrected chi connectivity index (χ4v) is 3.03. The number of ether oxygens (including phenoxy) is 1. The standard InChI is InChI=1S/C15H16Br2N2O2/c1-3-13-15(17)14(19(4-2)18-13)9-21-11-5-6-12(16)10(7-11)8-20/h5-8H,3-4,9H2,1-2H3. The molecule has 0 aliphatic heterocycles. The molecule has 0 fully saturated rings. The van der Waals surface area contributed by atoms with Gasteiger partial charge in [0.2, 0.25) is 0 Å². The molecule has 1 heterocycles. The van der Waals surface area contributed by atoms with Crippen LogP contribution in [0.1, 0.15) is 35.6 Å². The van der Waals surface area contributed by atoms with Crippen molar-refractivity contribution < 1.29 is 9.53 Å². The quantitative estimate of drug-likeness (QED) is 0.657. The van der Waals surface area contributed by atoms with Gasteiger partial charge in [0, 0.05) is 16.6 Å². The molecule has 2 aromatic rings.